The quantitative estimate of drug-likeness (QED) is 0.625. The smallest absolute Gasteiger partial charge is 0.319 e. The maximum absolute atomic E-state index is 12.5. The number of carbonyl (C=O) groups is 2. The average Bonchev–Trinajstić information content (AvgIpc) is 2.67. The molecule has 3 amide bonds. The van der Waals surface area contributed by atoms with Crippen LogP contribution in [0.3, 0.4) is 0 Å². The molecule has 1 unspecified atom stereocenters. The topological polar surface area (TPSA) is 108 Å². The van der Waals surface area contributed by atoms with Crippen molar-refractivity contribution in [3.8, 4) is 0 Å². The fourth-order valence-electron chi connectivity index (χ4n) is 2.64. The highest BCUT2D eigenvalue weighted by molar-refractivity contribution is 7.89. The van der Waals surface area contributed by atoms with Gasteiger partial charge in [-0.1, -0.05) is 12.1 Å². The summed E-state index contributed by atoms with van der Waals surface area (Å²) in [7, 11) is -0.542. The van der Waals surface area contributed by atoms with Crippen LogP contribution in [0.25, 0.3) is 0 Å². The summed E-state index contributed by atoms with van der Waals surface area (Å²) in [6.07, 6.45) is 0. The van der Waals surface area contributed by atoms with Crippen LogP contribution in [0.2, 0.25) is 0 Å². The van der Waals surface area contributed by atoms with Gasteiger partial charge in [-0.15, -0.1) is 0 Å². The number of carbonyl (C=O) groups excluding carboxylic acids is 2. The van der Waals surface area contributed by atoms with Gasteiger partial charge in [0.25, 0.3) is 5.91 Å². The molecule has 0 aromatic heterocycles. The predicted octanol–water partition coefficient (Wildman–Crippen LogP) is 2.96. The van der Waals surface area contributed by atoms with Gasteiger partial charge in [-0.25, -0.2) is 17.5 Å². The van der Waals surface area contributed by atoms with Gasteiger partial charge in [0.2, 0.25) is 10.0 Å². The van der Waals surface area contributed by atoms with Crippen molar-refractivity contribution < 1.29 is 18.0 Å². The first-order valence-corrected chi connectivity index (χ1v) is 11.0. The molecular formula is C21H28N4O4S. The lowest BCUT2D eigenvalue weighted by Crippen LogP contribution is -2.34. The van der Waals surface area contributed by atoms with E-state index in [4.69, 9.17) is 0 Å². The molecule has 0 aliphatic carbocycles. The first-order chi connectivity index (χ1) is 14.0. The largest absolute Gasteiger partial charge is 0.346 e. The standard InChI is InChI=1S/C21H28N4O4S/c1-14(2)22-21(27)24-18-10-6-17(7-11-18)20(26)23-15(3)16-8-12-19(13-9-16)30(28,29)25(4)5/h6-15H,1-5H3,(H,23,26)(H2,22,24,27). The Morgan fingerprint density at radius 2 is 1.43 bits per heavy atom. The second kappa shape index (κ2) is 9.73. The second-order valence-corrected chi connectivity index (χ2v) is 9.53. The molecule has 0 saturated heterocycles. The zero-order valence-electron chi connectivity index (χ0n) is 17.8. The van der Waals surface area contributed by atoms with Crippen LogP contribution in [0.15, 0.2) is 53.4 Å². The van der Waals surface area contributed by atoms with E-state index in [-0.39, 0.29) is 28.9 Å². The Morgan fingerprint density at radius 1 is 0.867 bits per heavy atom. The van der Waals surface area contributed by atoms with Crippen molar-refractivity contribution in [2.75, 3.05) is 19.4 Å². The minimum Gasteiger partial charge on any atom is -0.346 e. The van der Waals surface area contributed by atoms with E-state index in [9.17, 15) is 18.0 Å². The van der Waals surface area contributed by atoms with Gasteiger partial charge in [-0.05, 0) is 62.7 Å². The number of amides is 3. The summed E-state index contributed by atoms with van der Waals surface area (Å²) < 4.78 is 25.4. The number of rotatable bonds is 7. The van der Waals surface area contributed by atoms with Gasteiger partial charge in [0.05, 0.1) is 10.9 Å². The summed E-state index contributed by atoms with van der Waals surface area (Å²) in [5, 5.41) is 8.30. The van der Waals surface area contributed by atoms with Crippen LogP contribution in [0.4, 0.5) is 10.5 Å². The van der Waals surface area contributed by atoms with Crippen LogP contribution in [-0.2, 0) is 10.0 Å². The molecule has 0 heterocycles. The lowest BCUT2D eigenvalue weighted by Gasteiger charge is -2.16. The van der Waals surface area contributed by atoms with Crippen molar-refractivity contribution in [2.45, 2.75) is 37.8 Å². The van der Waals surface area contributed by atoms with Crippen molar-refractivity contribution in [3.05, 3.63) is 59.7 Å². The maximum atomic E-state index is 12.5. The zero-order chi connectivity index (χ0) is 22.5. The molecule has 2 aromatic carbocycles. The van der Waals surface area contributed by atoms with E-state index >= 15 is 0 Å². The van der Waals surface area contributed by atoms with E-state index < -0.39 is 10.0 Å². The van der Waals surface area contributed by atoms with Crippen molar-refractivity contribution in [3.63, 3.8) is 0 Å². The molecule has 0 aliphatic rings. The molecule has 0 saturated carbocycles. The summed E-state index contributed by atoms with van der Waals surface area (Å²) in [6.45, 7) is 5.55. The molecule has 3 N–H and O–H groups in total. The highest BCUT2D eigenvalue weighted by atomic mass is 32.2. The van der Waals surface area contributed by atoms with Crippen molar-refractivity contribution in [1.82, 2.24) is 14.9 Å². The normalized spacial score (nSPS) is 12.5. The molecule has 0 fully saturated rings. The van der Waals surface area contributed by atoms with Crippen LogP contribution >= 0.6 is 0 Å². The van der Waals surface area contributed by atoms with Crippen molar-refractivity contribution >= 4 is 27.6 Å². The monoisotopic (exact) mass is 432 g/mol. The summed E-state index contributed by atoms with van der Waals surface area (Å²) in [4.78, 5) is 24.4. The summed E-state index contributed by atoms with van der Waals surface area (Å²) in [6, 6.07) is 12.4. The third kappa shape index (κ3) is 6.04. The van der Waals surface area contributed by atoms with E-state index in [1.54, 1.807) is 36.4 Å². The summed E-state index contributed by atoms with van der Waals surface area (Å²) >= 11 is 0. The summed E-state index contributed by atoms with van der Waals surface area (Å²) in [5.74, 6) is -0.273. The molecule has 8 nitrogen and oxygen atoms in total. The van der Waals surface area contributed by atoms with Crippen LogP contribution in [0, 0.1) is 0 Å². The second-order valence-electron chi connectivity index (χ2n) is 7.38. The molecule has 2 aromatic rings. The SMILES string of the molecule is CC(C)NC(=O)Nc1ccc(C(=O)NC(C)c2ccc(S(=O)(=O)N(C)C)cc2)cc1. The van der Waals surface area contributed by atoms with Crippen LogP contribution in [-0.4, -0.2) is 44.8 Å². The van der Waals surface area contributed by atoms with E-state index in [1.165, 1.54) is 26.2 Å². The number of hydrogen-bond acceptors (Lipinski definition) is 4. The van der Waals surface area contributed by atoms with E-state index in [0.29, 0.717) is 11.3 Å². The molecule has 0 spiro atoms. The Kier molecular flexibility index (Phi) is 7.58. The molecule has 9 heteroatoms. The number of hydrogen-bond donors (Lipinski definition) is 3. The minimum atomic E-state index is -3.49. The Bertz CT molecular complexity index is 985. The van der Waals surface area contributed by atoms with Crippen LogP contribution < -0.4 is 16.0 Å². The molecule has 30 heavy (non-hydrogen) atoms. The first-order valence-electron chi connectivity index (χ1n) is 9.51. The van der Waals surface area contributed by atoms with E-state index in [2.05, 4.69) is 16.0 Å². The number of benzene rings is 2. The number of nitrogens with zero attached hydrogens (tertiary/aromatic N) is 1. The van der Waals surface area contributed by atoms with Gasteiger partial charge in [0.15, 0.2) is 0 Å². The number of nitrogens with one attached hydrogen (secondary N) is 3. The van der Waals surface area contributed by atoms with Gasteiger partial charge in [-0.3, -0.25) is 4.79 Å². The third-order valence-corrected chi connectivity index (χ3v) is 6.16. The lowest BCUT2D eigenvalue weighted by atomic mass is 10.1. The molecule has 0 radical (unpaired) electrons. The predicted molar refractivity (Wildman–Crippen MR) is 117 cm³/mol. The maximum Gasteiger partial charge on any atom is 0.319 e. The number of sulfonamides is 1. The Balaban J connectivity index is 2.01. The van der Waals surface area contributed by atoms with Gasteiger partial charge in [-0.2, -0.15) is 0 Å². The molecule has 2 rings (SSSR count). The van der Waals surface area contributed by atoms with Crippen molar-refractivity contribution in [1.29, 1.82) is 0 Å². The zero-order valence-corrected chi connectivity index (χ0v) is 18.6. The Hall–Kier alpha value is -2.91. The fraction of sp³-hybridized carbons (Fsp3) is 0.333. The van der Waals surface area contributed by atoms with Crippen LogP contribution in [0.5, 0.6) is 0 Å². The van der Waals surface area contributed by atoms with Gasteiger partial charge >= 0.3 is 6.03 Å². The fourth-order valence-corrected chi connectivity index (χ4v) is 3.54. The van der Waals surface area contributed by atoms with Gasteiger partial charge < -0.3 is 16.0 Å². The molecule has 1 atom stereocenters. The van der Waals surface area contributed by atoms with Crippen LogP contribution in [0.1, 0.15) is 42.7 Å². The lowest BCUT2D eigenvalue weighted by molar-refractivity contribution is 0.0940. The number of urea groups is 1. The first kappa shape index (κ1) is 23.4. The minimum absolute atomic E-state index is 0.0218. The van der Waals surface area contributed by atoms with Gasteiger partial charge in [0.1, 0.15) is 0 Å². The highest BCUT2D eigenvalue weighted by Crippen LogP contribution is 2.19. The molecule has 0 bridgehead atoms. The molecular weight excluding hydrogens is 404 g/mol. The Labute approximate surface area is 177 Å². The number of anilines is 1. The summed E-state index contributed by atoms with van der Waals surface area (Å²) in [5.41, 5.74) is 1.81. The van der Waals surface area contributed by atoms with Crippen molar-refractivity contribution in [2.24, 2.45) is 0 Å². The molecule has 0 aliphatic heterocycles. The third-order valence-electron chi connectivity index (χ3n) is 4.33. The van der Waals surface area contributed by atoms with E-state index in [1.807, 2.05) is 20.8 Å². The Morgan fingerprint density at radius 3 is 1.93 bits per heavy atom. The van der Waals surface area contributed by atoms with E-state index in [0.717, 1.165) is 9.87 Å². The average molecular weight is 433 g/mol. The highest BCUT2D eigenvalue weighted by Gasteiger charge is 2.18. The molecule has 162 valence electrons. The van der Waals surface area contributed by atoms with Gasteiger partial charge in [0, 0.05) is 31.4 Å².